The summed E-state index contributed by atoms with van der Waals surface area (Å²) >= 11 is 1.53. The summed E-state index contributed by atoms with van der Waals surface area (Å²) in [5, 5.41) is 0. The molecule has 29 heavy (non-hydrogen) atoms. The first kappa shape index (κ1) is 21.0. The molecule has 0 bridgehead atoms. The minimum absolute atomic E-state index is 0.218. The number of ketones is 1. The first-order valence-electron chi connectivity index (χ1n) is 9.44. The number of aryl methyl sites for hydroxylation is 4. The molecule has 152 valence electrons. The summed E-state index contributed by atoms with van der Waals surface area (Å²) in [6.07, 6.45) is 0.732. The molecule has 3 rings (SSSR count). The molecule has 0 aliphatic rings. The van der Waals surface area contributed by atoms with Crippen molar-refractivity contribution in [2.24, 2.45) is 0 Å². The van der Waals surface area contributed by atoms with Gasteiger partial charge in [-0.05, 0) is 63.9 Å². The van der Waals surface area contributed by atoms with Gasteiger partial charge in [0.1, 0.15) is 5.82 Å². The highest BCUT2D eigenvalue weighted by Crippen LogP contribution is 2.22. The van der Waals surface area contributed by atoms with Crippen LogP contribution in [0.2, 0.25) is 0 Å². The summed E-state index contributed by atoms with van der Waals surface area (Å²) in [4.78, 5) is 26.8. The minimum atomic E-state index is -0.467. The topological polar surface area (TPSA) is 48.3 Å². The number of nitrogens with zero attached hydrogens (tertiary/aromatic N) is 1. The fourth-order valence-corrected chi connectivity index (χ4v) is 4.35. The molecular formula is C23H24FNO3S. The Balaban J connectivity index is 1.65. The molecule has 0 spiro atoms. The Kier molecular flexibility index (Phi) is 6.33. The maximum Gasteiger partial charge on any atom is 0.339 e. The van der Waals surface area contributed by atoms with Crippen molar-refractivity contribution in [2.45, 2.75) is 40.7 Å². The molecule has 0 atom stereocenters. The molecular weight excluding hydrogens is 389 g/mol. The molecule has 0 N–H and O–H groups in total. The van der Waals surface area contributed by atoms with Gasteiger partial charge in [0.25, 0.3) is 0 Å². The lowest BCUT2D eigenvalue weighted by Crippen LogP contribution is -2.15. The molecule has 2 aromatic heterocycles. The number of hydrogen-bond acceptors (Lipinski definition) is 4. The lowest BCUT2D eigenvalue weighted by Gasteiger charge is -2.10. The number of esters is 1. The standard InChI is InChI=1S/C23H24FNO3S/c1-14-11-20(16(3)25(14)10-9-18-5-7-19(24)8-6-18)22(26)13-28-23(27)21-12-15(2)29-17(21)4/h5-8,11-12H,9-10,13H2,1-4H3. The van der Waals surface area contributed by atoms with Crippen molar-refractivity contribution >= 4 is 23.1 Å². The van der Waals surface area contributed by atoms with Crippen LogP contribution in [-0.2, 0) is 17.7 Å². The Morgan fingerprint density at radius 3 is 2.34 bits per heavy atom. The second-order valence-corrected chi connectivity index (χ2v) is 8.60. The second-order valence-electron chi connectivity index (χ2n) is 7.14. The van der Waals surface area contributed by atoms with Crippen LogP contribution in [-0.4, -0.2) is 22.9 Å². The van der Waals surface area contributed by atoms with Crippen LogP contribution >= 0.6 is 11.3 Å². The van der Waals surface area contributed by atoms with Crippen LogP contribution < -0.4 is 0 Å². The van der Waals surface area contributed by atoms with E-state index in [0.717, 1.165) is 33.1 Å². The zero-order chi connectivity index (χ0) is 21.1. The highest BCUT2D eigenvalue weighted by molar-refractivity contribution is 7.12. The Hall–Kier alpha value is -2.73. The maximum atomic E-state index is 13.1. The number of benzene rings is 1. The molecule has 0 saturated carbocycles. The summed E-state index contributed by atoms with van der Waals surface area (Å²) in [6.45, 7) is 8.03. The Morgan fingerprint density at radius 2 is 1.72 bits per heavy atom. The zero-order valence-corrected chi connectivity index (χ0v) is 17.9. The van der Waals surface area contributed by atoms with Gasteiger partial charge in [0, 0.05) is 33.3 Å². The average molecular weight is 414 g/mol. The van der Waals surface area contributed by atoms with Gasteiger partial charge in [-0.15, -0.1) is 11.3 Å². The van der Waals surface area contributed by atoms with Crippen molar-refractivity contribution < 1.29 is 18.7 Å². The van der Waals surface area contributed by atoms with Gasteiger partial charge in [-0.25, -0.2) is 9.18 Å². The predicted molar refractivity (Wildman–Crippen MR) is 112 cm³/mol. The molecule has 4 nitrogen and oxygen atoms in total. The van der Waals surface area contributed by atoms with E-state index < -0.39 is 5.97 Å². The summed E-state index contributed by atoms with van der Waals surface area (Å²) in [5.41, 5.74) is 3.91. The van der Waals surface area contributed by atoms with Gasteiger partial charge >= 0.3 is 5.97 Å². The molecule has 2 heterocycles. The van der Waals surface area contributed by atoms with Crippen molar-refractivity contribution in [1.82, 2.24) is 4.57 Å². The van der Waals surface area contributed by atoms with E-state index in [9.17, 15) is 14.0 Å². The van der Waals surface area contributed by atoms with Crippen LogP contribution in [0.5, 0.6) is 0 Å². The molecule has 0 radical (unpaired) electrons. The zero-order valence-electron chi connectivity index (χ0n) is 17.0. The number of carbonyl (C=O) groups excluding carboxylic acids is 2. The third-order valence-corrected chi connectivity index (χ3v) is 5.97. The van der Waals surface area contributed by atoms with Gasteiger partial charge in [0.2, 0.25) is 5.78 Å². The van der Waals surface area contributed by atoms with Crippen LogP contribution in [0.4, 0.5) is 4.39 Å². The first-order chi connectivity index (χ1) is 13.8. The molecule has 0 unspecified atom stereocenters. The van der Waals surface area contributed by atoms with Crippen molar-refractivity contribution in [3.63, 3.8) is 0 Å². The summed E-state index contributed by atoms with van der Waals surface area (Å²) in [6, 6.07) is 10.0. The van der Waals surface area contributed by atoms with E-state index in [1.54, 1.807) is 18.2 Å². The number of hydrogen-bond donors (Lipinski definition) is 0. The predicted octanol–water partition coefficient (Wildman–Crippen LogP) is 5.20. The van der Waals surface area contributed by atoms with Crippen LogP contribution in [0.1, 0.15) is 47.4 Å². The molecule has 0 fully saturated rings. The van der Waals surface area contributed by atoms with Crippen LogP contribution in [0, 0.1) is 33.5 Å². The van der Waals surface area contributed by atoms with E-state index in [-0.39, 0.29) is 18.2 Å². The van der Waals surface area contributed by atoms with Gasteiger partial charge in [-0.3, -0.25) is 4.79 Å². The molecule has 6 heteroatoms. The van der Waals surface area contributed by atoms with E-state index in [1.165, 1.54) is 23.5 Å². The normalized spacial score (nSPS) is 10.9. The molecule has 0 amide bonds. The van der Waals surface area contributed by atoms with E-state index in [4.69, 9.17) is 4.74 Å². The van der Waals surface area contributed by atoms with E-state index in [0.29, 0.717) is 17.7 Å². The smallest absolute Gasteiger partial charge is 0.339 e. The SMILES string of the molecule is Cc1cc(C(=O)OCC(=O)c2cc(C)n(CCc3ccc(F)cc3)c2C)c(C)s1. The van der Waals surface area contributed by atoms with Crippen molar-refractivity contribution in [3.05, 3.63) is 80.0 Å². The average Bonchev–Trinajstić information content (AvgIpc) is 3.17. The number of Topliss-reactive ketones (excluding diaryl/α,β-unsaturated/α-hetero) is 1. The lowest BCUT2D eigenvalue weighted by atomic mass is 10.1. The van der Waals surface area contributed by atoms with E-state index >= 15 is 0 Å². The van der Waals surface area contributed by atoms with Crippen LogP contribution in [0.3, 0.4) is 0 Å². The van der Waals surface area contributed by atoms with Gasteiger partial charge in [0.05, 0.1) is 5.56 Å². The molecule has 0 aliphatic carbocycles. The monoisotopic (exact) mass is 413 g/mol. The number of carbonyl (C=O) groups is 2. The number of thiophene rings is 1. The fraction of sp³-hybridized carbons (Fsp3) is 0.304. The number of rotatable bonds is 7. The second kappa shape index (κ2) is 8.74. The quantitative estimate of drug-likeness (QED) is 0.395. The Bertz CT molecular complexity index is 1050. The molecule has 0 aliphatic heterocycles. The van der Waals surface area contributed by atoms with E-state index in [2.05, 4.69) is 4.57 Å². The van der Waals surface area contributed by atoms with Crippen molar-refractivity contribution in [3.8, 4) is 0 Å². The number of ether oxygens (including phenoxy) is 1. The third kappa shape index (κ3) is 4.82. The van der Waals surface area contributed by atoms with Crippen LogP contribution in [0.15, 0.2) is 36.4 Å². The fourth-order valence-electron chi connectivity index (χ4n) is 3.44. The first-order valence-corrected chi connectivity index (χ1v) is 10.3. The van der Waals surface area contributed by atoms with Gasteiger partial charge < -0.3 is 9.30 Å². The molecule has 3 aromatic rings. The number of halogens is 1. The Morgan fingerprint density at radius 1 is 1.03 bits per heavy atom. The Labute approximate surface area is 173 Å². The summed E-state index contributed by atoms with van der Waals surface area (Å²) in [5.74, 6) is -0.938. The van der Waals surface area contributed by atoms with Gasteiger partial charge in [0.15, 0.2) is 6.61 Å². The highest BCUT2D eigenvalue weighted by atomic mass is 32.1. The van der Waals surface area contributed by atoms with Crippen molar-refractivity contribution in [2.75, 3.05) is 6.61 Å². The highest BCUT2D eigenvalue weighted by Gasteiger charge is 2.19. The molecule has 0 saturated heterocycles. The minimum Gasteiger partial charge on any atom is -0.454 e. The van der Waals surface area contributed by atoms with E-state index in [1.807, 2.05) is 33.8 Å². The third-order valence-electron chi connectivity index (χ3n) is 5.01. The summed E-state index contributed by atoms with van der Waals surface area (Å²) < 4.78 is 20.4. The van der Waals surface area contributed by atoms with Crippen LogP contribution in [0.25, 0.3) is 0 Å². The number of aromatic nitrogens is 1. The molecule has 1 aromatic carbocycles. The lowest BCUT2D eigenvalue weighted by molar-refractivity contribution is 0.0474. The van der Waals surface area contributed by atoms with Gasteiger partial charge in [-0.1, -0.05) is 12.1 Å². The van der Waals surface area contributed by atoms with Crippen molar-refractivity contribution in [1.29, 1.82) is 0 Å². The summed E-state index contributed by atoms with van der Waals surface area (Å²) in [7, 11) is 0. The maximum absolute atomic E-state index is 13.1. The largest absolute Gasteiger partial charge is 0.454 e. The van der Waals surface area contributed by atoms with Gasteiger partial charge in [-0.2, -0.15) is 0 Å².